The van der Waals surface area contributed by atoms with Gasteiger partial charge in [0.15, 0.2) is 0 Å². The van der Waals surface area contributed by atoms with Gasteiger partial charge in [-0.3, -0.25) is 20.2 Å². The molecule has 1 rings (SSSR count). The summed E-state index contributed by atoms with van der Waals surface area (Å²) in [4.78, 5) is 32.9. The van der Waals surface area contributed by atoms with E-state index in [9.17, 15) is 25.0 Å². The molecule has 8 heteroatoms. The Morgan fingerprint density at radius 3 is 2.42 bits per heavy atom. The second kappa shape index (κ2) is 10.3. The van der Waals surface area contributed by atoms with E-state index in [1.165, 1.54) is 12.1 Å². The average molecular weight is 364 g/mol. The van der Waals surface area contributed by atoms with Crippen LogP contribution < -0.4 is 4.74 Å². The molecule has 0 aromatic heterocycles. The molecular weight excluding hydrogens is 340 g/mol. The molecule has 0 saturated carbocycles. The Kier molecular flexibility index (Phi) is 8.41. The van der Waals surface area contributed by atoms with Crippen LogP contribution in [0.25, 0.3) is 0 Å². The molecule has 0 spiro atoms. The fourth-order valence-electron chi connectivity index (χ4n) is 2.64. The minimum atomic E-state index is -0.765. The maximum Gasteiger partial charge on any atom is 0.336 e. The van der Waals surface area contributed by atoms with E-state index in [-0.39, 0.29) is 11.7 Å². The van der Waals surface area contributed by atoms with Gasteiger partial charge < -0.3 is 4.74 Å². The zero-order valence-electron chi connectivity index (χ0n) is 15.3. The van der Waals surface area contributed by atoms with Crippen molar-refractivity contribution < 1.29 is 19.4 Å². The molecule has 0 bridgehead atoms. The van der Waals surface area contributed by atoms with Crippen LogP contribution in [0.4, 0.5) is 11.4 Å². The molecule has 0 N–H and O–H groups in total. The van der Waals surface area contributed by atoms with Crippen molar-refractivity contribution in [3.8, 4) is 5.75 Å². The number of nitro benzene ring substituents is 2. The topological polar surface area (TPSA) is 113 Å². The normalized spacial score (nSPS) is 12.1. The van der Waals surface area contributed by atoms with Crippen LogP contribution in [0.5, 0.6) is 5.75 Å². The third-order valence-electron chi connectivity index (χ3n) is 4.02. The predicted molar refractivity (Wildman–Crippen MR) is 97.4 cm³/mol. The highest BCUT2D eigenvalue weighted by Crippen LogP contribution is 2.41. The summed E-state index contributed by atoms with van der Waals surface area (Å²) < 4.78 is 5.17. The minimum absolute atomic E-state index is 0.216. The molecule has 0 amide bonds. The Balaban J connectivity index is 3.33. The molecular formula is C18H24N2O6. The largest absolute Gasteiger partial charge is 0.416 e. The molecule has 0 aliphatic carbocycles. The second-order valence-corrected chi connectivity index (χ2v) is 6.07. The maximum atomic E-state index is 11.8. The molecule has 0 fully saturated rings. The number of carbonyl (C=O) groups excluding carboxylic acids is 1. The van der Waals surface area contributed by atoms with E-state index in [2.05, 4.69) is 6.92 Å². The average Bonchev–Trinajstić information content (AvgIpc) is 2.58. The summed E-state index contributed by atoms with van der Waals surface area (Å²) >= 11 is 0. The number of benzene rings is 1. The number of hydrogen-bond acceptors (Lipinski definition) is 6. The molecule has 0 saturated heterocycles. The van der Waals surface area contributed by atoms with Crippen molar-refractivity contribution in [3.63, 3.8) is 0 Å². The van der Waals surface area contributed by atoms with Crippen molar-refractivity contribution >= 4 is 17.3 Å². The molecule has 1 aromatic carbocycles. The van der Waals surface area contributed by atoms with Crippen molar-refractivity contribution in [3.05, 3.63) is 50.1 Å². The van der Waals surface area contributed by atoms with Crippen molar-refractivity contribution in [1.29, 1.82) is 0 Å². The van der Waals surface area contributed by atoms with Crippen LogP contribution in [0.1, 0.15) is 64.4 Å². The lowest BCUT2D eigenvalue weighted by Crippen LogP contribution is -2.10. The first kappa shape index (κ1) is 21.3. The predicted octanol–water partition coefficient (Wildman–Crippen LogP) is 5.06. The number of ether oxygens (including phenoxy) is 1. The molecule has 0 radical (unpaired) electrons. The Hall–Kier alpha value is -2.77. The Bertz CT molecular complexity index is 699. The molecule has 8 nitrogen and oxygen atoms in total. The van der Waals surface area contributed by atoms with Crippen LogP contribution >= 0.6 is 0 Å². The number of non-ortho nitro benzene ring substituents is 1. The van der Waals surface area contributed by atoms with Crippen molar-refractivity contribution in [2.24, 2.45) is 0 Å². The van der Waals surface area contributed by atoms with Gasteiger partial charge in [-0.05, 0) is 19.3 Å². The summed E-state index contributed by atoms with van der Waals surface area (Å²) in [5.74, 6) is -1.20. The van der Waals surface area contributed by atoms with Crippen LogP contribution in [0.2, 0.25) is 0 Å². The third kappa shape index (κ3) is 5.94. The van der Waals surface area contributed by atoms with Gasteiger partial charge in [0, 0.05) is 17.7 Å². The smallest absolute Gasteiger partial charge is 0.336 e. The first-order valence-corrected chi connectivity index (χ1v) is 8.63. The van der Waals surface area contributed by atoms with E-state index >= 15 is 0 Å². The second-order valence-electron chi connectivity index (χ2n) is 6.07. The number of nitrogens with zero attached hydrogens (tertiary/aromatic N) is 2. The van der Waals surface area contributed by atoms with Gasteiger partial charge in [0.25, 0.3) is 5.69 Å². The summed E-state index contributed by atoms with van der Waals surface area (Å²) in [5, 5.41) is 22.5. The number of unbranched alkanes of at least 4 members (excludes halogenated alkanes) is 3. The molecule has 0 heterocycles. The van der Waals surface area contributed by atoms with Gasteiger partial charge in [-0.2, -0.15) is 0 Å². The van der Waals surface area contributed by atoms with Gasteiger partial charge in [0.05, 0.1) is 15.9 Å². The van der Waals surface area contributed by atoms with Crippen molar-refractivity contribution in [1.82, 2.24) is 0 Å². The first-order valence-electron chi connectivity index (χ1n) is 8.63. The number of hydrogen-bond donors (Lipinski definition) is 0. The highest BCUT2D eigenvalue weighted by molar-refractivity contribution is 5.85. The summed E-state index contributed by atoms with van der Waals surface area (Å²) in [7, 11) is 0. The highest BCUT2D eigenvalue weighted by Gasteiger charge is 2.29. The molecule has 1 aromatic rings. The summed E-state index contributed by atoms with van der Waals surface area (Å²) in [6, 6.07) is 2.08. The van der Waals surface area contributed by atoms with Gasteiger partial charge in [-0.25, -0.2) is 4.79 Å². The van der Waals surface area contributed by atoms with E-state index < -0.39 is 27.2 Å². The van der Waals surface area contributed by atoms with E-state index in [1.54, 1.807) is 6.92 Å². The van der Waals surface area contributed by atoms with Crippen LogP contribution in [0.15, 0.2) is 24.3 Å². The molecule has 0 aliphatic rings. The minimum Gasteiger partial charge on any atom is -0.416 e. The first-order chi connectivity index (χ1) is 12.3. The van der Waals surface area contributed by atoms with E-state index in [0.717, 1.165) is 37.8 Å². The van der Waals surface area contributed by atoms with Crippen molar-refractivity contribution in [2.75, 3.05) is 0 Å². The SMILES string of the molecule is C/C=C/C(=O)Oc1c([C@@H](C)CCCCCC)cc([N+](=O)[O-])cc1[N+](=O)[O-]. The molecule has 1 atom stereocenters. The van der Waals surface area contributed by atoms with E-state index in [0.29, 0.717) is 12.0 Å². The molecule has 142 valence electrons. The zero-order chi connectivity index (χ0) is 19.7. The van der Waals surface area contributed by atoms with Crippen LogP contribution in [-0.4, -0.2) is 15.8 Å². The fourth-order valence-corrected chi connectivity index (χ4v) is 2.64. The van der Waals surface area contributed by atoms with Crippen LogP contribution in [0.3, 0.4) is 0 Å². The summed E-state index contributed by atoms with van der Waals surface area (Å²) in [6.45, 7) is 5.52. The fraction of sp³-hybridized carbons (Fsp3) is 0.500. The quantitative estimate of drug-likeness (QED) is 0.143. The maximum absolute atomic E-state index is 11.8. The number of esters is 1. The standard InChI is InChI=1S/C18H24N2O6/c1-4-6-7-8-10-13(3)15-11-14(19(22)23)12-16(20(24)25)18(15)26-17(21)9-5-2/h5,9,11-13H,4,6-8,10H2,1-3H3/b9-5+/t13-/m0/s1. The van der Waals surface area contributed by atoms with E-state index in [4.69, 9.17) is 4.74 Å². The van der Waals surface area contributed by atoms with Gasteiger partial charge in [-0.1, -0.05) is 45.6 Å². The Morgan fingerprint density at radius 1 is 1.19 bits per heavy atom. The number of nitro groups is 2. The van der Waals surface area contributed by atoms with E-state index in [1.807, 2.05) is 6.92 Å². The Labute approximate surface area is 152 Å². The molecule has 0 unspecified atom stereocenters. The highest BCUT2D eigenvalue weighted by atomic mass is 16.6. The zero-order valence-corrected chi connectivity index (χ0v) is 15.3. The van der Waals surface area contributed by atoms with Crippen LogP contribution in [0, 0.1) is 20.2 Å². The third-order valence-corrected chi connectivity index (χ3v) is 4.02. The lowest BCUT2D eigenvalue weighted by atomic mass is 9.93. The van der Waals surface area contributed by atoms with Crippen molar-refractivity contribution in [2.45, 2.75) is 58.8 Å². The summed E-state index contributed by atoms with van der Waals surface area (Å²) in [5.41, 5.74) is -0.661. The lowest BCUT2D eigenvalue weighted by molar-refractivity contribution is -0.394. The molecule has 26 heavy (non-hydrogen) atoms. The number of rotatable bonds is 10. The van der Waals surface area contributed by atoms with Crippen LogP contribution in [-0.2, 0) is 4.79 Å². The number of allylic oxidation sites excluding steroid dienone is 1. The molecule has 0 aliphatic heterocycles. The monoisotopic (exact) mass is 364 g/mol. The van der Waals surface area contributed by atoms with Gasteiger partial charge in [0.2, 0.25) is 5.75 Å². The van der Waals surface area contributed by atoms with Gasteiger partial charge >= 0.3 is 11.7 Å². The van der Waals surface area contributed by atoms with Gasteiger partial charge in [0.1, 0.15) is 0 Å². The number of carbonyl (C=O) groups is 1. The lowest BCUT2D eigenvalue weighted by Gasteiger charge is -2.16. The Morgan fingerprint density at radius 2 is 1.88 bits per heavy atom. The summed E-state index contributed by atoms with van der Waals surface area (Å²) in [6.07, 6.45) is 7.31. The van der Waals surface area contributed by atoms with Gasteiger partial charge in [-0.15, -0.1) is 0 Å².